The van der Waals surface area contributed by atoms with Gasteiger partial charge in [-0.15, -0.1) is 5.98 Å². The Labute approximate surface area is 284 Å². The lowest BCUT2D eigenvalue weighted by molar-refractivity contribution is -0.130. The monoisotopic (exact) mass is 646 g/mol. The molecule has 1 aliphatic heterocycles. The van der Waals surface area contributed by atoms with Gasteiger partial charge in [-0.1, -0.05) is 65.6 Å². The molecule has 3 aromatic rings. The number of rotatable bonds is 14. The third-order valence-corrected chi connectivity index (χ3v) is 10.9. The molecule has 7 rings (SSSR count). The number of hydrogen-bond acceptors (Lipinski definition) is 5. The predicted molar refractivity (Wildman–Crippen MR) is 191 cm³/mol. The lowest BCUT2D eigenvalue weighted by Crippen LogP contribution is -2.56. The van der Waals surface area contributed by atoms with Gasteiger partial charge in [0.25, 0.3) is 5.91 Å². The van der Waals surface area contributed by atoms with E-state index in [1.54, 1.807) is 24.3 Å². The molecule has 4 aliphatic rings. The van der Waals surface area contributed by atoms with E-state index in [-0.39, 0.29) is 29.1 Å². The van der Waals surface area contributed by atoms with Crippen molar-refractivity contribution >= 4 is 36.0 Å². The Hall–Kier alpha value is -4.37. The summed E-state index contributed by atoms with van der Waals surface area (Å²) in [6, 6.07) is 22.9. The van der Waals surface area contributed by atoms with Crippen LogP contribution in [0.4, 0.5) is 0 Å². The Morgan fingerprint density at radius 3 is 2.12 bits per heavy atom. The minimum absolute atomic E-state index is 0.0835. The van der Waals surface area contributed by atoms with Crippen LogP contribution in [0.2, 0.25) is 0 Å². The molecule has 0 aromatic heterocycles. The van der Waals surface area contributed by atoms with Crippen molar-refractivity contribution in [1.82, 2.24) is 16.0 Å². The van der Waals surface area contributed by atoms with E-state index in [1.165, 1.54) is 5.46 Å². The average Bonchev–Trinajstić information content (AvgIpc) is 3.54. The normalized spacial score (nSPS) is 22.0. The van der Waals surface area contributed by atoms with Crippen LogP contribution in [0.15, 0.2) is 84.8 Å². The first-order chi connectivity index (χ1) is 23.3. The van der Waals surface area contributed by atoms with Gasteiger partial charge in [-0.05, 0) is 98.2 Å². The highest BCUT2D eigenvalue weighted by molar-refractivity contribution is 6.63. The van der Waals surface area contributed by atoms with E-state index in [2.05, 4.69) is 34.1 Å². The number of carbonyl (C=O) groups is 3. The van der Waals surface area contributed by atoms with E-state index in [9.17, 15) is 14.4 Å². The molecule has 0 saturated heterocycles. The van der Waals surface area contributed by atoms with Crippen molar-refractivity contribution < 1.29 is 19.1 Å². The van der Waals surface area contributed by atoms with Gasteiger partial charge in [0, 0.05) is 24.9 Å². The Kier molecular flexibility index (Phi) is 10.3. The van der Waals surface area contributed by atoms with Crippen LogP contribution in [0, 0.1) is 10.8 Å². The fourth-order valence-electron chi connectivity index (χ4n) is 7.72. The third kappa shape index (κ3) is 7.68. The van der Waals surface area contributed by atoms with Crippen LogP contribution in [0.5, 0.6) is 5.75 Å². The lowest BCUT2D eigenvalue weighted by atomic mass is 9.54. The number of hydrogen-bond donors (Lipinski definition) is 4. The van der Waals surface area contributed by atoms with Crippen LogP contribution in [0.1, 0.15) is 73.4 Å². The molecule has 48 heavy (non-hydrogen) atoms. The number of amides is 3. The molecule has 2 atom stereocenters. The zero-order chi connectivity index (χ0) is 33.6. The van der Waals surface area contributed by atoms with Crippen molar-refractivity contribution in [3.05, 3.63) is 102 Å². The molecule has 1 heterocycles. The Morgan fingerprint density at radius 1 is 0.792 bits per heavy atom. The SMILES string of the molecule is CCOc1ccc(CC(NC(=O)c2ccccc2)C(=O)NC(CC2=CBc3ccccc32)C(=O)NCC23CCC(CN)(CC2)CC3)cc1. The van der Waals surface area contributed by atoms with Gasteiger partial charge in [-0.3, -0.25) is 14.4 Å². The summed E-state index contributed by atoms with van der Waals surface area (Å²) in [4.78, 5) is 41.5. The van der Waals surface area contributed by atoms with Crippen LogP contribution in [-0.4, -0.2) is 56.8 Å². The number of fused-ring (bicyclic) bond motifs is 4. The molecule has 5 N–H and O–H groups in total. The molecule has 2 unspecified atom stereocenters. The van der Waals surface area contributed by atoms with E-state index >= 15 is 0 Å². The maximum Gasteiger partial charge on any atom is 0.251 e. The molecule has 9 heteroatoms. The van der Waals surface area contributed by atoms with Gasteiger partial charge in [0.2, 0.25) is 11.8 Å². The van der Waals surface area contributed by atoms with Crippen molar-refractivity contribution in [1.29, 1.82) is 0 Å². The summed E-state index contributed by atoms with van der Waals surface area (Å²) < 4.78 is 5.59. The van der Waals surface area contributed by atoms with Crippen molar-refractivity contribution in [3.63, 3.8) is 0 Å². The zero-order valence-corrected chi connectivity index (χ0v) is 27.9. The quantitative estimate of drug-likeness (QED) is 0.199. The van der Waals surface area contributed by atoms with Gasteiger partial charge in [0.15, 0.2) is 7.28 Å². The van der Waals surface area contributed by atoms with E-state index in [1.807, 2.05) is 49.4 Å². The molecule has 3 fully saturated rings. The molecule has 3 aromatic carbocycles. The van der Waals surface area contributed by atoms with Gasteiger partial charge in [0.1, 0.15) is 17.8 Å². The molecule has 3 aliphatic carbocycles. The van der Waals surface area contributed by atoms with Gasteiger partial charge >= 0.3 is 0 Å². The second-order valence-electron chi connectivity index (χ2n) is 14.0. The first-order valence-electron chi connectivity index (χ1n) is 17.4. The number of benzene rings is 3. The lowest BCUT2D eigenvalue weighted by Gasteiger charge is -2.53. The highest BCUT2D eigenvalue weighted by Gasteiger charge is 2.48. The van der Waals surface area contributed by atoms with Crippen LogP contribution in [0.25, 0.3) is 5.57 Å². The van der Waals surface area contributed by atoms with Gasteiger partial charge < -0.3 is 26.4 Å². The molecule has 0 spiro atoms. The molecule has 0 radical (unpaired) electrons. The Morgan fingerprint density at radius 2 is 1.44 bits per heavy atom. The topological polar surface area (TPSA) is 123 Å². The van der Waals surface area contributed by atoms with Crippen LogP contribution >= 0.6 is 0 Å². The van der Waals surface area contributed by atoms with Crippen molar-refractivity contribution in [2.45, 2.75) is 70.4 Å². The summed E-state index contributed by atoms with van der Waals surface area (Å²) in [6.07, 6.45) is 7.14. The third-order valence-electron chi connectivity index (χ3n) is 10.9. The highest BCUT2D eigenvalue weighted by atomic mass is 16.5. The number of nitrogens with one attached hydrogen (secondary N) is 3. The second kappa shape index (κ2) is 14.8. The summed E-state index contributed by atoms with van der Waals surface area (Å²) in [6.45, 7) is 3.81. The summed E-state index contributed by atoms with van der Waals surface area (Å²) in [5, 5.41) is 9.29. The van der Waals surface area contributed by atoms with Crippen LogP contribution < -0.4 is 31.9 Å². The minimum atomic E-state index is -0.907. The van der Waals surface area contributed by atoms with E-state index in [0.717, 1.165) is 74.8 Å². The van der Waals surface area contributed by atoms with Gasteiger partial charge in [0.05, 0.1) is 6.61 Å². The predicted octanol–water partition coefficient (Wildman–Crippen LogP) is 3.83. The summed E-state index contributed by atoms with van der Waals surface area (Å²) in [5.74, 6) is 1.94. The number of nitrogens with two attached hydrogens (primary N) is 1. The van der Waals surface area contributed by atoms with Crippen LogP contribution in [0.3, 0.4) is 0 Å². The zero-order valence-electron chi connectivity index (χ0n) is 27.9. The van der Waals surface area contributed by atoms with E-state index in [0.29, 0.717) is 25.1 Å². The average molecular weight is 647 g/mol. The fourth-order valence-corrected chi connectivity index (χ4v) is 7.72. The van der Waals surface area contributed by atoms with Crippen molar-refractivity contribution in [3.8, 4) is 5.75 Å². The van der Waals surface area contributed by atoms with E-state index < -0.39 is 18.0 Å². The van der Waals surface area contributed by atoms with Crippen molar-refractivity contribution in [2.24, 2.45) is 16.6 Å². The second-order valence-corrected chi connectivity index (χ2v) is 14.0. The van der Waals surface area contributed by atoms with Gasteiger partial charge in [-0.2, -0.15) is 0 Å². The van der Waals surface area contributed by atoms with Crippen molar-refractivity contribution in [2.75, 3.05) is 19.7 Å². The standard InChI is InChI=1S/C39H47BN4O4/c1-2-48-30-14-12-27(13-15-30)22-33(43-35(45)28-8-4-3-5-9-28)37(47)44-34(23-29-24-40-32-11-7-6-10-31(29)32)36(46)42-26-39-19-16-38(25-41,17-20-39)18-21-39/h3-15,24,33-34,40H,2,16-23,25-26,41H2,1H3,(H,42,46)(H,43,45)(H,44,47). The fraction of sp³-hybridized carbons (Fsp3) is 0.410. The maximum atomic E-state index is 14.2. The summed E-state index contributed by atoms with van der Waals surface area (Å²) in [5.41, 5.74) is 11.2. The van der Waals surface area contributed by atoms with E-state index in [4.69, 9.17) is 10.5 Å². The summed E-state index contributed by atoms with van der Waals surface area (Å²) in [7, 11) is 0.799. The Balaban J connectivity index is 1.21. The number of ether oxygens (including phenoxy) is 1. The largest absolute Gasteiger partial charge is 0.494 e. The maximum absolute atomic E-state index is 14.2. The first kappa shape index (κ1) is 33.5. The molecule has 3 amide bonds. The smallest absolute Gasteiger partial charge is 0.251 e. The molecule has 2 bridgehead atoms. The minimum Gasteiger partial charge on any atom is -0.494 e. The first-order valence-corrected chi connectivity index (χ1v) is 17.4. The molecular weight excluding hydrogens is 599 g/mol. The Bertz CT molecular complexity index is 1620. The molecule has 250 valence electrons. The van der Waals surface area contributed by atoms with Crippen LogP contribution in [-0.2, 0) is 16.0 Å². The highest BCUT2D eigenvalue weighted by Crippen LogP contribution is 2.56. The summed E-state index contributed by atoms with van der Waals surface area (Å²) >= 11 is 0. The van der Waals surface area contributed by atoms with Gasteiger partial charge in [-0.25, -0.2) is 0 Å². The molecule has 8 nitrogen and oxygen atoms in total. The molecule has 3 saturated carbocycles. The number of carbonyl (C=O) groups excluding carboxylic acids is 3. The molecular formula is C39H47BN4O4.